The van der Waals surface area contributed by atoms with Gasteiger partial charge >= 0.3 is 0 Å². The van der Waals surface area contributed by atoms with Crippen molar-refractivity contribution in [2.75, 3.05) is 11.1 Å². The van der Waals surface area contributed by atoms with Gasteiger partial charge in [-0.2, -0.15) is 0 Å². The number of anilines is 1. The number of nitrogens with zero attached hydrogens (tertiary/aromatic N) is 3. The van der Waals surface area contributed by atoms with Crippen molar-refractivity contribution in [3.8, 4) is 11.1 Å². The molecule has 1 amide bonds. The van der Waals surface area contributed by atoms with E-state index in [9.17, 15) is 19.7 Å². The van der Waals surface area contributed by atoms with Gasteiger partial charge in [0.05, 0.1) is 16.1 Å². The number of carbonyl (C=O) groups is 1. The number of halogens is 1. The summed E-state index contributed by atoms with van der Waals surface area (Å²) in [6.45, 7) is 0. The number of carbonyl (C=O) groups excluding carboxylic acids is 1. The number of aromatic nitrogens is 2. The summed E-state index contributed by atoms with van der Waals surface area (Å²) in [6, 6.07) is 13.6. The van der Waals surface area contributed by atoms with Crippen molar-refractivity contribution in [2.45, 2.75) is 5.16 Å². The number of amides is 1. The van der Waals surface area contributed by atoms with E-state index in [0.29, 0.717) is 15.4 Å². The van der Waals surface area contributed by atoms with Gasteiger partial charge in [0.25, 0.3) is 11.2 Å². The summed E-state index contributed by atoms with van der Waals surface area (Å²) in [5.74, 6) is -0.420. The molecule has 32 heavy (non-hydrogen) atoms. The van der Waals surface area contributed by atoms with Crippen molar-refractivity contribution in [1.29, 1.82) is 0 Å². The predicted octanol–water partition coefficient (Wildman–Crippen LogP) is 4.95. The Balaban J connectivity index is 1.53. The van der Waals surface area contributed by atoms with Crippen molar-refractivity contribution in [3.05, 3.63) is 79.4 Å². The molecule has 0 fully saturated rings. The number of nitro benzene ring substituents is 1. The lowest BCUT2D eigenvalue weighted by atomic mass is 10.1. The molecule has 162 valence electrons. The van der Waals surface area contributed by atoms with Gasteiger partial charge in [0.1, 0.15) is 9.85 Å². The molecule has 0 aliphatic heterocycles. The molecule has 8 nitrogen and oxygen atoms in total. The van der Waals surface area contributed by atoms with Crippen molar-refractivity contribution >= 4 is 62.2 Å². The van der Waals surface area contributed by atoms with Gasteiger partial charge in [-0.15, -0.1) is 11.3 Å². The molecule has 2 aromatic heterocycles. The van der Waals surface area contributed by atoms with E-state index in [1.54, 1.807) is 7.05 Å². The fourth-order valence-electron chi connectivity index (χ4n) is 3.07. The Morgan fingerprint density at radius 3 is 2.75 bits per heavy atom. The minimum absolute atomic E-state index is 0.0132. The van der Waals surface area contributed by atoms with Crippen LogP contribution in [-0.2, 0) is 11.8 Å². The zero-order valence-electron chi connectivity index (χ0n) is 16.6. The van der Waals surface area contributed by atoms with Gasteiger partial charge in [-0.25, -0.2) is 4.98 Å². The molecule has 0 unspecified atom stereocenters. The Morgan fingerprint density at radius 1 is 1.28 bits per heavy atom. The lowest BCUT2D eigenvalue weighted by Crippen LogP contribution is -2.21. The molecule has 0 radical (unpaired) electrons. The highest BCUT2D eigenvalue weighted by Crippen LogP contribution is 2.32. The Kier molecular flexibility index (Phi) is 6.26. The van der Waals surface area contributed by atoms with E-state index in [1.807, 2.05) is 35.7 Å². The van der Waals surface area contributed by atoms with Gasteiger partial charge in [0.15, 0.2) is 5.16 Å². The zero-order valence-corrected chi connectivity index (χ0v) is 19.0. The van der Waals surface area contributed by atoms with Gasteiger partial charge in [-0.1, -0.05) is 53.7 Å². The normalized spacial score (nSPS) is 10.9. The van der Waals surface area contributed by atoms with Crippen LogP contribution in [0.2, 0.25) is 5.02 Å². The van der Waals surface area contributed by atoms with E-state index >= 15 is 0 Å². The molecule has 11 heteroatoms. The van der Waals surface area contributed by atoms with E-state index in [2.05, 4.69) is 10.3 Å². The largest absolute Gasteiger partial charge is 0.325 e. The van der Waals surface area contributed by atoms with Crippen LogP contribution < -0.4 is 10.9 Å². The number of thiophene rings is 1. The third-order valence-corrected chi connectivity index (χ3v) is 6.84. The van der Waals surface area contributed by atoms with Crippen LogP contribution in [-0.4, -0.2) is 26.1 Å². The molecule has 0 saturated heterocycles. The molecule has 1 N–H and O–H groups in total. The highest BCUT2D eigenvalue weighted by atomic mass is 35.5. The van der Waals surface area contributed by atoms with Crippen LogP contribution in [0.15, 0.2) is 63.9 Å². The fraction of sp³-hybridized carbons (Fsp3) is 0.0952. The second-order valence-corrected chi connectivity index (χ2v) is 8.92. The summed E-state index contributed by atoms with van der Waals surface area (Å²) in [7, 11) is 1.62. The van der Waals surface area contributed by atoms with E-state index in [-0.39, 0.29) is 27.7 Å². The summed E-state index contributed by atoms with van der Waals surface area (Å²) >= 11 is 8.27. The molecule has 4 rings (SSSR count). The molecule has 2 heterocycles. The highest BCUT2D eigenvalue weighted by Gasteiger charge is 2.17. The van der Waals surface area contributed by atoms with Crippen LogP contribution in [0.3, 0.4) is 0 Å². The van der Waals surface area contributed by atoms with Crippen LogP contribution >= 0.6 is 34.7 Å². The van der Waals surface area contributed by atoms with E-state index in [4.69, 9.17) is 11.6 Å². The molecule has 0 aliphatic carbocycles. The molecular weight excluding hydrogens is 472 g/mol. The maximum absolute atomic E-state index is 13.0. The third kappa shape index (κ3) is 4.38. The average Bonchev–Trinajstić information content (AvgIpc) is 3.21. The Hall–Kier alpha value is -3.21. The maximum atomic E-state index is 13.0. The molecule has 2 aromatic carbocycles. The number of rotatable bonds is 6. The minimum Gasteiger partial charge on any atom is -0.325 e. The SMILES string of the molecule is Cn1c(SCC(=O)Nc2ccc(Cl)c([N+](=O)[O-])c2)nc2scc(-c3ccccc3)c2c1=O. The first kappa shape index (κ1) is 22.0. The minimum atomic E-state index is -0.619. The van der Waals surface area contributed by atoms with Gasteiger partial charge in [-0.05, 0) is 17.7 Å². The maximum Gasteiger partial charge on any atom is 0.289 e. The quantitative estimate of drug-likeness (QED) is 0.179. The van der Waals surface area contributed by atoms with Crippen LogP contribution in [0.4, 0.5) is 11.4 Å². The van der Waals surface area contributed by atoms with Gasteiger partial charge in [-0.3, -0.25) is 24.3 Å². The molecule has 0 spiro atoms. The van der Waals surface area contributed by atoms with Crippen molar-refractivity contribution < 1.29 is 9.72 Å². The second kappa shape index (κ2) is 9.11. The Morgan fingerprint density at radius 2 is 2.03 bits per heavy atom. The first-order chi connectivity index (χ1) is 15.3. The van der Waals surface area contributed by atoms with Gasteiger partial charge in [0.2, 0.25) is 5.91 Å². The van der Waals surface area contributed by atoms with E-state index < -0.39 is 10.8 Å². The van der Waals surface area contributed by atoms with Crippen LogP contribution in [0.1, 0.15) is 0 Å². The lowest BCUT2D eigenvalue weighted by molar-refractivity contribution is -0.384. The first-order valence-corrected chi connectivity index (χ1v) is 11.5. The third-order valence-electron chi connectivity index (χ3n) is 4.62. The topological polar surface area (TPSA) is 107 Å². The average molecular weight is 487 g/mol. The highest BCUT2D eigenvalue weighted by molar-refractivity contribution is 7.99. The standard InChI is InChI=1S/C21H15ClN4O4S2/c1-25-20(28)18-14(12-5-3-2-4-6-12)10-31-19(18)24-21(25)32-11-17(27)23-13-7-8-15(22)16(9-13)26(29)30/h2-10H,11H2,1H3,(H,23,27). The van der Waals surface area contributed by atoms with Crippen molar-refractivity contribution in [1.82, 2.24) is 9.55 Å². The summed E-state index contributed by atoms with van der Waals surface area (Å²) in [6.07, 6.45) is 0. The molecular formula is C21H15ClN4O4S2. The Bertz CT molecular complexity index is 1400. The van der Waals surface area contributed by atoms with Crippen molar-refractivity contribution in [3.63, 3.8) is 0 Å². The molecule has 4 aromatic rings. The Labute approximate surface area is 195 Å². The second-order valence-electron chi connectivity index (χ2n) is 6.71. The monoisotopic (exact) mass is 486 g/mol. The van der Waals surface area contributed by atoms with Crippen LogP contribution in [0.5, 0.6) is 0 Å². The molecule has 0 atom stereocenters. The van der Waals surface area contributed by atoms with E-state index in [1.165, 1.54) is 34.1 Å². The number of nitro groups is 1. The summed E-state index contributed by atoms with van der Waals surface area (Å²) in [5.41, 5.74) is 1.55. The molecule has 0 aliphatic rings. The smallest absolute Gasteiger partial charge is 0.289 e. The predicted molar refractivity (Wildman–Crippen MR) is 128 cm³/mol. The van der Waals surface area contributed by atoms with E-state index in [0.717, 1.165) is 22.9 Å². The number of thioether (sulfide) groups is 1. The summed E-state index contributed by atoms with van der Waals surface area (Å²) in [4.78, 5) is 40.9. The van der Waals surface area contributed by atoms with Gasteiger partial charge < -0.3 is 5.32 Å². The molecule has 0 saturated carbocycles. The lowest BCUT2D eigenvalue weighted by Gasteiger charge is -2.09. The van der Waals surface area contributed by atoms with Crippen LogP contribution in [0, 0.1) is 10.1 Å². The summed E-state index contributed by atoms with van der Waals surface area (Å²) in [5, 5.41) is 16.4. The zero-order chi connectivity index (χ0) is 22.8. The number of hydrogen-bond acceptors (Lipinski definition) is 7. The fourth-order valence-corrected chi connectivity index (χ4v) is 5.02. The number of nitrogens with one attached hydrogen (secondary N) is 1. The number of benzene rings is 2. The van der Waals surface area contributed by atoms with Crippen molar-refractivity contribution in [2.24, 2.45) is 7.05 Å². The van der Waals surface area contributed by atoms with Crippen LogP contribution in [0.25, 0.3) is 21.3 Å². The summed E-state index contributed by atoms with van der Waals surface area (Å²) < 4.78 is 1.42. The molecule has 0 bridgehead atoms. The van der Waals surface area contributed by atoms with Gasteiger partial charge in [0, 0.05) is 29.7 Å². The number of fused-ring (bicyclic) bond motifs is 1. The first-order valence-electron chi connectivity index (χ1n) is 9.25. The number of hydrogen-bond donors (Lipinski definition) is 1.